The van der Waals surface area contributed by atoms with E-state index in [9.17, 15) is 4.39 Å². The summed E-state index contributed by atoms with van der Waals surface area (Å²) in [6, 6.07) is 14.5. The van der Waals surface area contributed by atoms with Crippen molar-refractivity contribution in [2.45, 2.75) is 75.4 Å². The molecule has 2 aromatic rings. The molecule has 2 aliphatic rings. The molecule has 2 heteroatoms. The van der Waals surface area contributed by atoms with Gasteiger partial charge in [0.2, 0.25) is 0 Å². The molecular formula is C24H28BF. The SMILES string of the molecule is [B]C1CCC(c2ccc(-c3ccc(C4CCCCC4)cc3)c(F)c2)CC1. The molecule has 0 amide bonds. The van der Waals surface area contributed by atoms with E-state index >= 15 is 0 Å². The Bertz CT molecular complexity index is 722. The van der Waals surface area contributed by atoms with E-state index in [4.69, 9.17) is 7.85 Å². The molecule has 0 nitrogen and oxygen atoms in total. The molecule has 26 heavy (non-hydrogen) atoms. The maximum Gasteiger partial charge on any atom is 0.131 e. The largest absolute Gasteiger partial charge is 0.206 e. The van der Waals surface area contributed by atoms with Crippen molar-refractivity contribution in [3.05, 3.63) is 59.4 Å². The Morgan fingerprint density at radius 3 is 1.96 bits per heavy atom. The summed E-state index contributed by atoms with van der Waals surface area (Å²) in [5.74, 6) is 1.40. The van der Waals surface area contributed by atoms with Crippen LogP contribution < -0.4 is 0 Å². The first-order valence-electron chi connectivity index (χ1n) is 10.4. The van der Waals surface area contributed by atoms with Gasteiger partial charge in [0.1, 0.15) is 5.82 Å². The second kappa shape index (κ2) is 7.98. The van der Waals surface area contributed by atoms with Gasteiger partial charge in [-0.15, -0.1) is 0 Å². The van der Waals surface area contributed by atoms with Gasteiger partial charge in [0.15, 0.2) is 0 Å². The van der Waals surface area contributed by atoms with E-state index in [2.05, 4.69) is 30.3 Å². The Hall–Kier alpha value is -1.57. The van der Waals surface area contributed by atoms with E-state index in [1.807, 2.05) is 6.07 Å². The molecule has 0 unspecified atom stereocenters. The van der Waals surface area contributed by atoms with Gasteiger partial charge in [0.05, 0.1) is 7.85 Å². The van der Waals surface area contributed by atoms with E-state index in [0.717, 1.165) is 42.4 Å². The summed E-state index contributed by atoms with van der Waals surface area (Å²) in [5, 5.41) is 0. The zero-order valence-electron chi connectivity index (χ0n) is 15.6. The Morgan fingerprint density at radius 2 is 1.31 bits per heavy atom. The summed E-state index contributed by atoms with van der Waals surface area (Å²) in [6.45, 7) is 0. The van der Waals surface area contributed by atoms with Crippen LogP contribution >= 0.6 is 0 Å². The first-order chi connectivity index (χ1) is 12.7. The fourth-order valence-corrected chi connectivity index (χ4v) is 4.84. The first kappa shape index (κ1) is 17.8. The van der Waals surface area contributed by atoms with Crippen molar-refractivity contribution < 1.29 is 4.39 Å². The Morgan fingerprint density at radius 1 is 0.692 bits per heavy atom. The van der Waals surface area contributed by atoms with E-state index < -0.39 is 0 Å². The van der Waals surface area contributed by atoms with E-state index in [-0.39, 0.29) is 5.82 Å². The summed E-state index contributed by atoms with van der Waals surface area (Å²) in [7, 11) is 6.00. The molecule has 0 atom stereocenters. The van der Waals surface area contributed by atoms with Crippen molar-refractivity contribution in [1.29, 1.82) is 0 Å². The summed E-state index contributed by atoms with van der Waals surface area (Å²) in [6.07, 6.45) is 10.9. The Balaban J connectivity index is 1.50. The number of rotatable bonds is 3. The van der Waals surface area contributed by atoms with Crippen molar-refractivity contribution in [3.63, 3.8) is 0 Å². The van der Waals surface area contributed by atoms with Gasteiger partial charge in [0, 0.05) is 5.56 Å². The minimum atomic E-state index is -0.0946. The number of benzene rings is 2. The predicted molar refractivity (Wildman–Crippen MR) is 108 cm³/mol. The maximum absolute atomic E-state index is 14.8. The highest BCUT2D eigenvalue weighted by Crippen LogP contribution is 2.38. The summed E-state index contributed by atoms with van der Waals surface area (Å²) in [4.78, 5) is 0. The molecule has 0 spiro atoms. The van der Waals surface area contributed by atoms with Gasteiger partial charge < -0.3 is 0 Å². The van der Waals surface area contributed by atoms with Gasteiger partial charge in [0.25, 0.3) is 0 Å². The lowest BCUT2D eigenvalue weighted by Crippen LogP contribution is -2.09. The van der Waals surface area contributed by atoms with Crippen molar-refractivity contribution in [2.75, 3.05) is 0 Å². The molecule has 0 heterocycles. The molecule has 2 fully saturated rings. The molecule has 2 saturated carbocycles. The monoisotopic (exact) mass is 346 g/mol. The zero-order chi connectivity index (χ0) is 17.9. The van der Waals surface area contributed by atoms with Crippen molar-refractivity contribution >= 4 is 7.85 Å². The predicted octanol–water partition coefficient (Wildman–Crippen LogP) is 7.16. The Labute approximate surface area is 158 Å². The van der Waals surface area contributed by atoms with Crippen LogP contribution in [0.4, 0.5) is 4.39 Å². The molecule has 0 bridgehead atoms. The van der Waals surface area contributed by atoms with E-state index in [1.165, 1.54) is 37.7 Å². The van der Waals surface area contributed by atoms with Crippen molar-refractivity contribution in [3.8, 4) is 11.1 Å². The number of halogens is 1. The van der Waals surface area contributed by atoms with E-state index in [0.29, 0.717) is 17.7 Å². The zero-order valence-corrected chi connectivity index (χ0v) is 15.6. The molecule has 2 aromatic carbocycles. The lowest BCUT2D eigenvalue weighted by atomic mass is 9.70. The molecule has 2 radical (unpaired) electrons. The number of hydrogen-bond donors (Lipinski definition) is 0. The van der Waals surface area contributed by atoms with Gasteiger partial charge in [-0.25, -0.2) is 4.39 Å². The van der Waals surface area contributed by atoms with Gasteiger partial charge in [-0.2, -0.15) is 0 Å². The average Bonchev–Trinajstić information content (AvgIpc) is 2.69. The van der Waals surface area contributed by atoms with Crippen LogP contribution in [0, 0.1) is 5.82 Å². The van der Waals surface area contributed by atoms with Crippen LogP contribution in [-0.4, -0.2) is 7.85 Å². The van der Waals surface area contributed by atoms with Gasteiger partial charge in [-0.3, -0.25) is 0 Å². The van der Waals surface area contributed by atoms with E-state index in [1.54, 1.807) is 6.07 Å². The molecule has 2 aliphatic carbocycles. The smallest absolute Gasteiger partial charge is 0.131 e. The highest BCUT2D eigenvalue weighted by Gasteiger charge is 2.21. The van der Waals surface area contributed by atoms with Crippen LogP contribution in [0.25, 0.3) is 11.1 Å². The second-order valence-electron chi connectivity index (χ2n) is 8.31. The van der Waals surface area contributed by atoms with Crippen molar-refractivity contribution in [2.24, 2.45) is 0 Å². The third kappa shape index (κ3) is 3.90. The maximum atomic E-state index is 14.8. The summed E-state index contributed by atoms with van der Waals surface area (Å²) in [5.41, 5.74) is 4.26. The second-order valence-corrected chi connectivity index (χ2v) is 8.31. The van der Waals surface area contributed by atoms with Gasteiger partial charge >= 0.3 is 0 Å². The quantitative estimate of drug-likeness (QED) is 0.517. The van der Waals surface area contributed by atoms with Crippen LogP contribution in [0.5, 0.6) is 0 Å². The number of hydrogen-bond acceptors (Lipinski definition) is 0. The standard InChI is InChI=1S/C24H28BF/c25-22-13-10-19(11-14-22)21-12-15-23(24(26)16-21)20-8-6-18(7-9-20)17-4-2-1-3-5-17/h6-9,12,15-17,19,22H,1-5,10-11,13-14H2. The van der Waals surface area contributed by atoms with Crippen molar-refractivity contribution in [1.82, 2.24) is 0 Å². The molecule has 134 valence electrons. The molecule has 0 saturated heterocycles. The fraction of sp³-hybridized carbons (Fsp3) is 0.500. The molecule has 4 rings (SSSR count). The Kier molecular flexibility index (Phi) is 5.48. The average molecular weight is 346 g/mol. The molecule has 0 N–H and O–H groups in total. The minimum Gasteiger partial charge on any atom is -0.206 e. The molecular weight excluding hydrogens is 318 g/mol. The third-order valence-electron chi connectivity index (χ3n) is 6.53. The highest BCUT2D eigenvalue weighted by molar-refractivity contribution is 6.11. The van der Waals surface area contributed by atoms with Crippen LogP contribution in [-0.2, 0) is 0 Å². The molecule has 0 aromatic heterocycles. The van der Waals surface area contributed by atoms with Gasteiger partial charge in [-0.05, 0) is 60.3 Å². The first-order valence-corrected chi connectivity index (χ1v) is 10.4. The van der Waals surface area contributed by atoms with Crippen LogP contribution in [0.1, 0.15) is 80.8 Å². The minimum absolute atomic E-state index is 0.0946. The van der Waals surface area contributed by atoms with Crippen LogP contribution in [0.3, 0.4) is 0 Å². The lowest BCUT2D eigenvalue weighted by Gasteiger charge is -2.27. The fourth-order valence-electron chi connectivity index (χ4n) is 4.84. The topological polar surface area (TPSA) is 0 Å². The lowest BCUT2D eigenvalue weighted by molar-refractivity contribution is 0.442. The van der Waals surface area contributed by atoms with Crippen LogP contribution in [0.2, 0.25) is 5.82 Å². The van der Waals surface area contributed by atoms with Gasteiger partial charge in [-0.1, -0.05) is 74.3 Å². The summed E-state index contributed by atoms with van der Waals surface area (Å²) < 4.78 is 14.8. The molecule has 0 aliphatic heterocycles. The third-order valence-corrected chi connectivity index (χ3v) is 6.53. The highest BCUT2D eigenvalue weighted by atomic mass is 19.1. The normalized spacial score (nSPS) is 24.5. The summed E-state index contributed by atoms with van der Waals surface area (Å²) >= 11 is 0. The van der Waals surface area contributed by atoms with Crippen LogP contribution in [0.15, 0.2) is 42.5 Å².